The third kappa shape index (κ3) is 3.56. The molecule has 0 bridgehead atoms. The van der Waals surface area contributed by atoms with Crippen LogP contribution in [0.4, 0.5) is 0 Å². The molecule has 0 aromatic heterocycles. The molecule has 1 rings (SSSR count). The predicted molar refractivity (Wildman–Crippen MR) is 57.9 cm³/mol. The summed E-state index contributed by atoms with van der Waals surface area (Å²) in [4.78, 5) is 0. The quantitative estimate of drug-likeness (QED) is 0.727. The van der Waals surface area contributed by atoms with E-state index < -0.39 is 0 Å². The van der Waals surface area contributed by atoms with Crippen molar-refractivity contribution < 1.29 is 0 Å². The molecule has 0 radical (unpaired) electrons. The summed E-state index contributed by atoms with van der Waals surface area (Å²) < 4.78 is 2.07. The van der Waals surface area contributed by atoms with Crippen molar-refractivity contribution in [3.63, 3.8) is 0 Å². The third-order valence-electron chi connectivity index (χ3n) is 1.53. The molecule has 58 valence electrons. The molecule has 0 N–H and O–H groups in total. The van der Waals surface area contributed by atoms with Gasteiger partial charge < -0.3 is 0 Å². The topological polar surface area (TPSA) is 0 Å². The van der Waals surface area contributed by atoms with Crippen molar-refractivity contribution in [3.05, 3.63) is 46.1 Å². The van der Waals surface area contributed by atoms with Gasteiger partial charge in [0.05, 0.1) is 0 Å². The fourth-order valence-corrected chi connectivity index (χ4v) is 1.32. The van der Waals surface area contributed by atoms with E-state index in [2.05, 4.69) is 63.1 Å². The number of allylic oxidation sites excluding steroid dienone is 1. The molecule has 0 saturated carbocycles. The van der Waals surface area contributed by atoms with E-state index in [0.29, 0.717) is 0 Å². The molecule has 0 fully saturated rings. The summed E-state index contributed by atoms with van der Waals surface area (Å²) in [5.74, 6) is 0. The maximum Gasteiger partial charge on any atom is -0.0244 e. The second-order valence-electron chi connectivity index (χ2n) is 2.39. The lowest BCUT2D eigenvalue weighted by molar-refractivity contribution is 1.00. The summed E-state index contributed by atoms with van der Waals surface area (Å²) >= 11 is 2.25. The Hall–Kier alpha value is -0.310. The predicted octanol–water partition coefficient (Wildman–Crippen LogP) is 3.57. The van der Waals surface area contributed by atoms with Crippen molar-refractivity contribution in [2.45, 2.75) is 12.8 Å². The average Bonchev–Trinajstić information content (AvgIpc) is 2.07. The van der Waals surface area contributed by atoms with E-state index >= 15 is 0 Å². The molecular formula is C10H11I. The first kappa shape index (κ1) is 8.78. The van der Waals surface area contributed by atoms with E-state index in [-0.39, 0.29) is 0 Å². The summed E-state index contributed by atoms with van der Waals surface area (Å²) in [6, 6.07) is 10.6. The minimum Gasteiger partial charge on any atom is -0.0781 e. The second kappa shape index (κ2) is 5.35. The Morgan fingerprint density at radius 3 is 2.55 bits per heavy atom. The summed E-state index contributed by atoms with van der Waals surface area (Å²) in [6.07, 6.45) is 4.49. The van der Waals surface area contributed by atoms with Crippen molar-refractivity contribution in [2.24, 2.45) is 0 Å². The van der Waals surface area contributed by atoms with Gasteiger partial charge in [0.15, 0.2) is 0 Å². The highest BCUT2D eigenvalue weighted by atomic mass is 127. The van der Waals surface area contributed by atoms with E-state index in [9.17, 15) is 0 Å². The molecule has 1 aromatic carbocycles. The van der Waals surface area contributed by atoms with Gasteiger partial charge in [0.25, 0.3) is 0 Å². The van der Waals surface area contributed by atoms with Gasteiger partial charge in [0, 0.05) is 0 Å². The van der Waals surface area contributed by atoms with Crippen molar-refractivity contribution >= 4 is 22.6 Å². The van der Waals surface area contributed by atoms with Gasteiger partial charge in [-0.05, 0) is 22.5 Å². The zero-order chi connectivity index (χ0) is 7.94. The van der Waals surface area contributed by atoms with Crippen molar-refractivity contribution in [2.75, 3.05) is 0 Å². The van der Waals surface area contributed by atoms with Gasteiger partial charge in [0.1, 0.15) is 0 Å². The lowest BCUT2D eigenvalue weighted by Crippen LogP contribution is -1.80. The van der Waals surface area contributed by atoms with Crippen LogP contribution in [0, 0.1) is 0 Å². The zero-order valence-corrected chi connectivity index (χ0v) is 8.49. The Bertz CT molecular complexity index is 214. The smallest absolute Gasteiger partial charge is 0.0244 e. The molecule has 0 saturated heterocycles. The first-order valence-electron chi connectivity index (χ1n) is 3.72. The van der Waals surface area contributed by atoms with E-state index in [1.54, 1.807) is 0 Å². The van der Waals surface area contributed by atoms with Gasteiger partial charge in [-0.3, -0.25) is 0 Å². The lowest BCUT2D eigenvalue weighted by Gasteiger charge is -1.95. The van der Waals surface area contributed by atoms with Gasteiger partial charge in [-0.1, -0.05) is 59.0 Å². The highest BCUT2D eigenvalue weighted by Crippen LogP contribution is 2.03. The number of halogens is 1. The molecule has 0 nitrogen and oxygen atoms in total. The normalized spacial score (nSPS) is 10.6. The minimum atomic E-state index is 1.15. The van der Waals surface area contributed by atoms with Gasteiger partial charge in [-0.15, -0.1) is 0 Å². The summed E-state index contributed by atoms with van der Waals surface area (Å²) in [7, 11) is 0. The molecule has 1 aromatic rings. The van der Waals surface area contributed by atoms with Crippen molar-refractivity contribution in [1.82, 2.24) is 0 Å². The maximum atomic E-state index is 2.25. The molecule has 0 spiro atoms. The monoisotopic (exact) mass is 258 g/mol. The minimum absolute atomic E-state index is 1.15. The standard InChI is InChI=1S/C10H11I/c11-9-5-4-8-10-6-2-1-3-7-10/h1-3,5-7,9H,4,8H2. The Kier molecular flexibility index (Phi) is 4.28. The molecule has 0 aliphatic heterocycles. The molecule has 0 atom stereocenters. The third-order valence-corrected chi connectivity index (χ3v) is 2.04. The Morgan fingerprint density at radius 2 is 1.91 bits per heavy atom. The van der Waals surface area contributed by atoms with E-state index in [1.807, 2.05) is 0 Å². The molecule has 0 aliphatic rings. The van der Waals surface area contributed by atoms with Crippen LogP contribution >= 0.6 is 22.6 Å². The van der Waals surface area contributed by atoms with Crippen molar-refractivity contribution in [3.8, 4) is 0 Å². The molecule has 0 heterocycles. The van der Waals surface area contributed by atoms with Gasteiger partial charge in [-0.2, -0.15) is 0 Å². The Morgan fingerprint density at radius 1 is 1.18 bits per heavy atom. The number of rotatable bonds is 3. The number of hydrogen-bond donors (Lipinski definition) is 0. The second-order valence-corrected chi connectivity index (χ2v) is 3.11. The molecule has 0 unspecified atom stereocenters. The lowest BCUT2D eigenvalue weighted by atomic mass is 10.1. The van der Waals surface area contributed by atoms with Gasteiger partial charge in [0.2, 0.25) is 0 Å². The van der Waals surface area contributed by atoms with Crippen molar-refractivity contribution in [1.29, 1.82) is 0 Å². The number of benzene rings is 1. The highest BCUT2D eigenvalue weighted by Gasteiger charge is 1.86. The first-order chi connectivity index (χ1) is 5.43. The van der Waals surface area contributed by atoms with Crippen LogP contribution in [0.1, 0.15) is 12.0 Å². The number of hydrogen-bond acceptors (Lipinski definition) is 0. The van der Waals surface area contributed by atoms with Crippen LogP contribution < -0.4 is 0 Å². The molecular weight excluding hydrogens is 247 g/mol. The summed E-state index contributed by atoms with van der Waals surface area (Å²) in [5, 5.41) is 0. The molecule has 0 aliphatic carbocycles. The van der Waals surface area contributed by atoms with Gasteiger partial charge >= 0.3 is 0 Å². The summed E-state index contributed by atoms with van der Waals surface area (Å²) in [6.45, 7) is 0. The largest absolute Gasteiger partial charge is 0.0781 e. The van der Waals surface area contributed by atoms with E-state index in [1.165, 1.54) is 5.56 Å². The summed E-state index contributed by atoms with van der Waals surface area (Å²) in [5.41, 5.74) is 1.42. The van der Waals surface area contributed by atoms with Gasteiger partial charge in [-0.25, -0.2) is 0 Å². The highest BCUT2D eigenvalue weighted by molar-refractivity contribution is 14.1. The molecule has 11 heavy (non-hydrogen) atoms. The van der Waals surface area contributed by atoms with E-state index in [4.69, 9.17) is 0 Å². The number of aryl methyl sites for hydroxylation is 1. The fourth-order valence-electron chi connectivity index (χ4n) is 0.958. The van der Waals surface area contributed by atoms with Crippen LogP contribution in [-0.4, -0.2) is 0 Å². The average molecular weight is 258 g/mol. The first-order valence-corrected chi connectivity index (χ1v) is 4.97. The Labute approximate surface area is 81.5 Å². The SMILES string of the molecule is IC=CCCc1ccccc1. The van der Waals surface area contributed by atoms with Crippen LogP contribution in [0.25, 0.3) is 0 Å². The molecule has 1 heteroatoms. The maximum absolute atomic E-state index is 2.25. The van der Waals surface area contributed by atoms with Crippen LogP contribution in [0.2, 0.25) is 0 Å². The fraction of sp³-hybridized carbons (Fsp3) is 0.200. The van der Waals surface area contributed by atoms with E-state index in [0.717, 1.165) is 12.8 Å². The van der Waals surface area contributed by atoms with Crippen LogP contribution in [0.5, 0.6) is 0 Å². The van der Waals surface area contributed by atoms with Crippen LogP contribution in [0.15, 0.2) is 40.5 Å². The van der Waals surface area contributed by atoms with Crippen LogP contribution in [-0.2, 0) is 6.42 Å². The molecule has 0 amide bonds. The zero-order valence-electron chi connectivity index (χ0n) is 6.33. The Balaban J connectivity index is 2.39. The van der Waals surface area contributed by atoms with Crippen LogP contribution in [0.3, 0.4) is 0 Å².